The summed E-state index contributed by atoms with van der Waals surface area (Å²) >= 11 is 9.14. The molecule has 0 bridgehead atoms. The molecule has 0 aromatic heterocycles. The number of nitrogens with zero attached hydrogens (tertiary/aromatic N) is 1. The van der Waals surface area contributed by atoms with Gasteiger partial charge in [-0.1, -0.05) is 27.5 Å². The summed E-state index contributed by atoms with van der Waals surface area (Å²) in [6.45, 7) is -0.294. The summed E-state index contributed by atoms with van der Waals surface area (Å²) < 4.78 is 10.7. The van der Waals surface area contributed by atoms with Gasteiger partial charge in [-0.3, -0.25) is 4.79 Å². The number of anilines is 1. The molecular formula is C19H14BrClN2O4. The average molecular weight is 450 g/mol. The number of rotatable bonds is 6. The molecule has 138 valence electrons. The molecule has 0 saturated carbocycles. The molecule has 2 rings (SSSR count). The Balaban J connectivity index is 2.26. The first kappa shape index (κ1) is 20.5. The zero-order valence-electron chi connectivity index (χ0n) is 14.2. The molecule has 0 fully saturated rings. The third-order valence-corrected chi connectivity index (χ3v) is 4.06. The average Bonchev–Trinajstić information content (AvgIpc) is 2.66. The lowest BCUT2D eigenvalue weighted by atomic mass is 10.1. The summed E-state index contributed by atoms with van der Waals surface area (Å²) in [6.07, 6.45) is 1.38. The molecule has 8 heteroatoms. The first-order valence-electron chi connectivity index (χ1n) is 7.61. The molecule has 0 spiro atoms. The Bertz CT molecular complexity index is 920. The second-order valence-corrected chi connectivity index (χ2v) is 6.53. The summed E-state index contributed by atoms with van der Waals surface area (Å²) in [6, 6.07) is 13.4. The van der Waals surface area contributed by atoms with Crippen LogP contribution >= 0.6 is 27.5 Å². The number of benzene rings is 2. The Labute approximate surface area is 169 Å². The van der Waals surface area contributed by atoms with Gasteiger partial charge in [-0.15, -0.1) is 0 Å². The maximum absolute atomic E-state index is 12.4. The summed E-state index contributed by atoms with van der Waals surface area (Å²) in [7, 11) is 1.25. The minimum atomic E-state index is -0.585. The van der Waals surface area contributed by atoms with Crippen LogP contribution in [-0.4, -0.2) is 25.6 Å². The molecule has 27 heavy (non-hydrogen) atoms. The Kier molecular flexibility index (Phi) is 7.41. The number of ether oxygens (including phenoxy) is 2. The van der Waals surface area contributed by atoms with Crippen LogP contribution in [0.4, 0.5) is 5.69 Å². The second kappa shape index (κ2) is 9.76. The number of esters is 1. The fraction of sp³-hybridized carbons (Fsp3) is 0.105. The molecule has 0 heterocycles. The fourth-order valence-electron chi connectivity index (χ4n) is 1.99. The van der Waals surface area contributed by atoms with E-state index in [-0.39, 0.29) is 12.2 Å². The zero-order chi connectivity index (χ0) is 19.8. The van der Waals surface area contributed by atoms with Gasteiger partial charge in [0.15, 0.2) is 6.61 Å². The van der Waals surface area contributed by atoms with E-state index in [1.807, 2.05) is 6.07 Å². The van der Waals surface area contributed by atoms with Crippen molar-refractivity contribution in [2.75, 3.05) is 19.0 Å². The Morgan fingerprint density at radius 3 is 2.59 bits per heavy atom. The number of amides is 1. The van der Waals surface area contributed by atoms with Crippen LogP contribution in [-0.2, 0) is 14.3 Å². The number of halogens is 2. The van der Waals surface area contributed by atoms with Gasteiger partial charge in [-0.05, 0) is 48.5 Å². The molecule has 0 aliphatic rings. The van der Waals surface area contributed by atoms with Gasteiger partial charge in [-0.2, -0.15) is 5.26 Å². The lowest BCUT2D eigenvalue weighted by Gasteiger charge is -2.09. The first-order valence-corrected chi connectivity index (χ1v) is 8.78. The third-order valence-electron chi connectivity index (χ3n) is 3.31. The zero-order valence-corrected chi connectivity index (χ0v) is 16.5. The van der Waals surface area contributed by atoms with Gasteiger partial charge in [0.25, 0.3) is 5.91 Å². The number of hydrogen-bond acceptors (Lipinski definition) is 5. The van der Waals surface area contributed by atoms with Crippen molar-refractivity contribution < 1.29 is 19.1 Å². The van der Waals surface area contributed by atoms with Gasteiger partial charge in [0.1, 0.15) is 17.4 Å². The first-order chi connectivity index (χ1) is 12.9. The van der Waals surface area contributed by atoms with Crippen molar-refractivity contribution in [3.63, 3.8) is 0 Å². The Morgan fingerprint density at radius 1 is 1.26 bits per heavy atom. The molecule has 2 aromatic carbocycles. The summed E-state index contributed by atoms with van der Waals surface area (Å²) in [5.41, 5.74) is 0.823. The maximum Gasteiger partial charge on any atom is 0.343 e. The predicted octanol–water partition coefficient (Wildman–Crippen LogP) is 4.20. The number of nitriles is 1. The molecule has 0 aliphatic heterocycles. The maximum atomic E-state index is 12.4. The van der Waals surface area contributed by atoms with Crippen LogP contribution in [0, 0.1) is 11.3 Å². The van der Waals surface area contributed by atoms with E-state index in [4.69, 9.17) is 16.3 Å². The molecule has 0 aliphatic carbocycles. The molecule has 1 amide bonds. The highest BCUT2D eigenvalue weighted by Crippen LogP contribution is 2.26. The topological polar surface area (TPSA) is 88.4 Å². The van der Waals surface area contributed by atoms with E-state index >= 15 is 0 Å². The van der Waals surface area contributed by atoms with E-state index in [0.29, 0.717) is 22.0 Å². The van der Waals surface area contributed by atoms with Crippen molar-refractivity contribution in [1.29, 1.82) is 5.26 Å². The molecule has 1 N–H and O–H groups in total. The van der Waals surface area contributed by atoms with E-state index in [9.17, 15) is 14.9 Å². The number of hydrogen-bond donors (Lipinski definition) is 1. The Morgan fingerprint density at radius 2 is 1.96 bits per heavy atom. The van der Waals surface area contributed by atoms with Gasteiger partial charge >= 0.3 is 5.97 Å². The lowest BCUT2D eigenvalue weighted by molar-refractivity contribution is -0.142. The van der Waals surface area contributed by atoms with Gasteiger partial charge in [0.2, 0.25) is 0 Å². The van der Waals surface area contributed by atoms with Crippen LogP contribution in [0.15, 0.2) is 52.5 Å². The highest BCUT2D eigenvalue weighted by atomic mass is 79.9. The van der Waals surface area contributed by atoms with E-state index in [1.54, 1.807) is 42.5 Å². The summed E-state index contributed by atoms with van der Waals surface area (Å²) in [5.74, 6) is -0.803. The minimum absolute atomic E-state index is 0.133. The summed E-state index contributed by atoms with van der Waals surface area (Å²) in [5, 5.41) is 12.5. The van der Waals surface area contributed by atoms with Gasteiger partial charge in [-0.25, -0.2) is 4.79 Å². The number of carbonyl (C=O) groups is 2. The largest absolute Gasteiger partial charge is 0.481 e. The second-order valence-electron chi connectivity index (χ2n) is 5.18. The van der Waals surface area contributed by atoms with Gasteiger partial charge in [0, 0.05) is 20.7 Å². The number of nitrogens with one attached hydrogen (secondary N) is 1. The quantitative estimate of drug-likeness (QED) is 0.406. The fourth-order valence-corrected chi connectivity index (χ4v) is 2.50. The van der Waals surface area contributed by atoms with Crippen LogP contribution in [0.1, 0.15) is 5.56 Å². The molecule has 0 unspecified atom stereocenters. The van der Waals surface area contributed by atoms with Crippen molar-refractivity contribution in [3.8, 4) is 11.8 Å². The summed E-state index contributed by atoms with van der Waals surface area (Å²) in [4.78, 5) is 23.7. The van der Waals surface area contributed by atoms with Gasteiger partial charge < -0.3 is 14.8 Å². The molecule has 2 aromatic rings. The van der Waals surface area contributed by atoms with Crippen LogP contribution in [0.25, 0.3) is 6.08 Å². The smallest absolute Gasteiger partial charge is 0.343 e. The third kappa shape index (κ3) is 6.13. The van der Waals surface area contributed by atoms with E-state index in [1.165, 1.54) is 13.2 Å². The van der Waals surface area contributed by atoms with Crippen molar-refractivity contribution in [2.45, 2.75) is 0 Å². The monoisotopic (exact) mass is 448 g/mol. The highest BCUT2D eigenvalue weighted by Gasteiger charge is 2.13. The van der Waals surface area contributed by atoms with Crippen molar-refractivity contribution >= 4 is 51.2 Å². The normalized spacial score (nSPS) is 10.7. The number of methoxy groups -OCH3 is 1. The molecular weight excluding hydrogens is 436 g/mol. The standard InChI is InChI=1S/C19H14BrClN2O4/c1-26-18(24)11-27-17-7-2-14(20)9-12(17)8-13(10-22)19(25)23-16-5-3-15(21)4-6-16/h2-9H,11H2,1H3,(H,23,25)/b13-8+. The van der Waals surface area contributed by atoms with Crippen LogP contribution in [0.2, 0.25) is 5.02 Å². The molecule has 0 radical (unpaired) electrons. The van der Waals surface area contributed by atoms with Crippen LogP contribution in [0.5, 0.6) is 5.75 Å². The number of carbonyl (C=O) groups excluding carboxylic acids is 2. The lowest BCUT2D eigenvalue weighted by Crippen LogP contribution is -2.14. The van der Waals surface area contributed by atoms with Crippen molar-refractivity contribution in [2.24, 2.45) is 0 Å². The molecule has 0 saturated heterocycles. The van der Waals surface area contributed by atoms with Crippen molar-refractivity contribution in [3.05, 3.63) is 63.1 Å². The van der Waals surface area contributed by atoms with E-state index in [0.717, 1.165) is 4.47 Å². The van der Waals surface area contributed by atoms with E-state index in [2.05, 4.69) is 26.0 Å². The highest BCUT2D eigenvalue weighted by molar-refractivity contribution is 9.10. The van der Waals surface area contributed by atoms with Crippen molar-refractivity contribution in [1.82, 2.24) is 0 Å². The van der Waals surface area contributed by atoms with Crippen LogP contribution in [0.3, 0.4) is 0 Å². The molecule has 6 nitrogen and oxygen atoms in total. The Hall–Kier alpha value is -2.82. The van der Waals surface area contributed by atoms with Crippen LogP contribution < -0.4 is 10.1 Å². The van der Waals surface area contributed by atoms with Gasteiger partial charge in [0.05, 0.1) is 7.11 Å². The minimum Gasteiger partial charge on any atom is -0.481 e. The van der Waals surface area contributed by atoms with E-state index < -0.39 is 11.9 Å². The predicted molar refractivity (Wildman–Crippen MR) is 105 cm³/mol. The molecule has 0 atom stereocenters. The SMILES string of the molecule is COC(=O)COc1ccc(Br)cc1/C=C(\C#N)C(=O)Nc1ccc(Cl)cc1.